The van der Waals surface area contributed by atoms with E-state index in [2.05, 4.69) is 5.32 Å². The number of ether oxygens (including phenoxy) is 1. The molecule has 1 amide bonds. The van der Waals surface area contributed by atoms with E-state index < -0.39 is 0 Å². The van der Waals surface area contributed by atoms with E-state index in [-0.39, 0.29) is 22.8 Å². The lowest BCUT2D eigenvalue weighted by molar-refractivity contribution is -0.121. The van der Waals surface area contributed by atoms with Crippen LogP contribution in [0.25, 0.3) is 10.9 Å². The summed E-state index contributed by atoms with van der Waals surface area (Å²) in [5.41, 5.74) is 0.610. The number of para-hydroxylation sites is 1. The first-order valence-corrected chi connectivity index (χ1v) is 12.0. The highest BCUT2D eigenvalue weighted by molar-refractivity contribution is 8.00. The maximum atomic E-state index is 13.1. The number of thioether (sulfide) groups is 1. The molecule has 0 aliphatic heterocycles. The van der Waals surface area contributed by atoms with Crippen molar-refractivity contribution in [1.29, 1.82) is 0 Å². The highest BCUT2D eigenvalue weighted by Crippen LogP contribution is 2.24. The van der Waals surface area contributed by atoms with Gasteiger partial charge in [0.2, 0.25) is 5.91 Å². The van der Waals surface area contributed by atoms with E-state index in [0.29, 0.717) is 35.8 Å². The predicted molar refractivity (Wildman–Crippen MR) is 122 cm³/mol. The molecule has 1 aliphatic rings. The topological polar surface area (TPSA) is 73.2 Å². The largest absolute Gasteiger partial charge is 0.382 e. The Morgan fingerprint density at radius 3 is 2.73 bits per heavy atom. The molecule has 1 aromatic heterocycles. The summed E-state index contributed by atoms with van der Waals surface area (Å²) in [5.74, 6) is 0.0233. The molecule has 3 rings (SSSR count). The molecule has 0 radical (unpaired) electrons. The molecule has 6 nitrogen and oxygen atoms in total. The summed E-state index contributed by atoms with van der Waals surface area (Å²) in [4.78, 5) is 30.6. The quantitative estimate of drug-likeness (QED) is 0.280. The standard InChI is InChI=1S/C23H33N3O3S/c1-3-29-16-10-15-26-22(28)19-13-8-9-14-20(19)25-23(26)30-17(2)21(27)24-18-11-6-4-5-7-12-18/h8-9,13-14,17-18H,3-7,10-12,15-16H2,1-2H3,(H,24,27)/t17-/m0/s1. The van der Waals surface area contributed by atoms with Gasteiger partial charge in [0.1, 0.15) is 0 Å². The van der Waals surface area contributed by atoms with Crippen LogP contribution in [0, 0.1) is 0 Å². The van der Waals surface area contributed by atoms with Gasteiger partial charge in [0, 0.05) is 25.8 Å². The number of amides is 1. The molecular weight excluding hydrogens is 398 g/mol. The first-order chi connectivity index (χ1) is 14.6. The monoisotopic (exact) mass is 431 g/mol. The SMILES string of the molecule is CCOCCCn1c(S[C@@H](C)C(=O)NC2CCCCCC2)nc2ccccc2c1=O. The van der Waals surface area contributed by atoms with E-state index in [0.717, 1.165) is 19.3 Å². The molecule has 0 saturated heterocycles. The van der Waals surface area contributed by atoms with E-state index in [9.17, 15) is 9.59 Å². The number of nitrogens with zero attached hydrogens (tertiary/aromatic N) is 2. The maximum absolute atomic E-state index is 13.1. The van der Waals surface area contributed by atoms with Gasteiger partial charge in [0.25, 0.3) is 5.56 Å². The zero-order valence-electron chi connectivity index (χ0n) is 18.1. The number of carbonyl (C=O) groups excluding carboxylic acids is 1. The Morgan fingerprint density at radius 1 is 1.27 bits per heavy atom. The van der Waals surface area contributed by atoms with Gasteiger partial charge in [-0.2, -0.15) is 0 Å². The Bertz CT molecular complexity index is 891. The number of nitrogens with one attached hydrogen (secondary N) is 1. The van der Waals surface area contributed by atoms with Gasteiger partial charge in [-0.1, -0.05) is 49.6 Å². The Labute approximate surface area is 182 Å². The van der Waals surface area contributed by atoms with Crippen LogP contribution < -0.4 is 10.9 Å². The number of benzene rings is 1. The molecule has 1 saturated carbocycles. The molecule has 1 fully saturated rings. The van der Waals surface area contributed by atoms with Gasteiger partial charge < -0.3 is 10.1 Å². The van der Waals surface area contributed by atoms with Gasteiger partial charge in [0.15, 0.2) is 5.16 Å². The van der Waals surface area contributed by atoms with Crippen molar-refractivity contribution < 1.29 is 9.53 Å². The molecule has 164 valence electrons. The summed E-state index contributed by atoms with van der Waals surface area (Å²) in [6.45, 7) is 5.63. The number of fused-ring (bicyclic) bond motifs is 1. The summed E-state index contributed by atoms with van der Waals surface area (Å²) in [6.07, 6.45) is 7.70. The summed E-state index contributed by atoms with van der Waals surface area (Å²) >= 11 is 1.36. The molecule has 2 aromatic rings. The third-order valence-corrected chi connectivity index (χ3v) is 6.64. The fourth-order valence-corrected chi connectivity index (χ4v) is 4.80. The Balaban J connectivity index is 1.76. The second kappa shape index (κ2) is 11.5. The molecule has 1 N–H and O–H groups in total. The van der Waals surface area contributed by atoms with Crippen LogP contribution in [0.4, 0.5) is 0 Å². The number of hydrogen-bond acceptors (Lipinski definition) is 5. The van der Waals surface area contributed by atoms with Gasteiger partial charge >= 0.3 is 0 Å². The highest BCUT2D eigenvalue weighted by Gasteiger charge is 2.22. The Hall–Kier alpha value is -1.86. The van der Waals surface area contributed by atoms with E-state index in [1.807, 2.05) is 32.0 Å². The Kier molecular flexibility index (Phi) is 8.75. The van der Waals surface area contributed by atoms with Crippen molar-refractivity contribution in [3.8, 4) is 0 Å². The van der Waals surface area contributed by atoms with Crippen molar-refractivity contribution in [1.82, 2.24) is 14.9 Å². The minimum Gasteiger partial charge on any atom is -0.382 e. The maximum Gasteiger partial charge on any atom is 0.262 e. The average molecular weight is 432 g/mol. The minimum atomic E-state index is -0.320. The van der Waals surface area contributed by atoms with E-state index in [1.54, 1.807) is 10.6 Å². The first kappa shape index (κ1) is 22.8. The van der Waals surface area contributed by atoms with Crippen LogP contribution in [-0.2, 0) is 16.1 Å². The molecular formula is C23H33N3O3S. The number of carbonyl (C=O) groups is 1. The van der Waals surface area contributed by atoms with Crippen molar-refractivity contribution in [3.05, 3.63) is 34.6 Å². The van der Waals surface area contributed by atoms with Crippen LogP contribution in [0.1, 0.15) is 58.8 Å². The van der Waals surface area contributed by atoms with Crippen LogP contribution in [0.15, 0.2) is 34.2 Å². The molecule has 0 bridgehead atoms. The van der Waals surface area contributed by atoms with Crippen molar-refractivity contribution in [2.75, 3.05) is 13.2 Å². The van der Waals surface area contributed by atoms with Crippen molar-refractivity contribution >= 4 is 28.6 Å². The number of rotatable bonds is 9. The van der Waals surface area contributed by atoms with E-state index in [1.165, 1.54) is 37.4 Å². The fourth-order valence-electron chi connectivity index (χ4n) is 3.86. The molecule has 0 unspecified atom stereocenters. The molecule has 1 atom stereocenters. The smallest absolute Gasteiger partial charge is 0.262 e. The summed E-state index contributed by atoms with van der Waals surface area (Å²) in [6, 6.07) is 7.65. The van der Waals surface area contributed by atoms with Crippen LogP contribution in [0.2, 0.25) is 0 Å². The second-order valence-electron chi connectivity index (χ2n) is 7.88. The number of hydrogen-bond donors (Lipinski definition) is 1. The van der Waals surface area contributed by atoms with Crippen LogP contribution in [0.3, 0.4) is 0 Å². The lowest BCUT2D eigenvalue weighted by atomic mass is 10.1. The fraction of sp³-hybridized carbons (Fsp3) is 0.609. The Morgan fingerprint density at radius 2 is 2.00 bits per heavy atom. The van der Waals surface area contributed by atoms with Gasteiger partial charge in [-0.25, -0.2) is 4.98 Å². The average Bonchev–Trinajstić information content (AvgIpc) is 3.01. The van der Waals surface area contributed by atoms with Crippen LogP contribution >= 0.6 is 11.8 Å². The molecule has 1 aliphatic carbocycles. The van der Waals surface area contributed by atoms with Crippen LogP contribution in [0.5, 0.6) is 0 Å². The minimum absolute atomic E-state index is 0.0233. The summed E-state index contributed by atoms with van der Waals surface area (Å²) in [5, 5.41) is 4.10. The van der Waals surface area contributed by atoms with Crippen molar-refractivity contribution in [2.45, 2.75) is 81.8 Å². The summed E-state index contributed by atoms with van der Waals surface area (Å²) < 4.78 is 7.13. The zero-order valence-corrected chi connectivity index (χ0v) is 18.9. The third-order valence-electron chi connectivity index (χ3n) is 5.55. The van der Waals surface area contributed by atoms with Gasteiger partial charge in [-0.05, 0) is 45.2 Å². The third kappa shape index (κ3) is 6.08. The molecule has 1 aromatic carbocycles. The van der Waals surface area contributed by atoms with E-state index in [4.69, 9.17) is 9.72 Å². The summed E-state index contributed by atoms with van der Waals surface area (Å²) in [7, 11) is 0. The second-order valence-corrected chi connectivity index (χ2v) is 9.18. The lowest BCUT2D eigenvalue weighted by Crippen LogP contribution is -2.39. The molecule has 30 heavy (non-hydrogen) atoms. The van der Waals surface area contributed by atoms with Crippen molar-refractivity contribution in [2.24, 2.45) is 0 Å². The highest BCUT2D eigenvalue weighted by atomic mass is 32.2. The van der Waals surface area contributed by atoms with Crippen LogP contribution in [-0.4, -0.2) is 40.0 Å². The lowest BCUT2D eigenvalue weighted by Gasteiger charge is -2.20. The number of aromatic nitrogens is 2. The van der Waals surface area contributed by atoms with Gasteiger partial charge in [-0.15, -0.1) is 0 Å². The van der Waals surface area contributed by atoms with Gasteiger partial charge in [0.05, 0.1) is 16.2 Å². The normalized spacial score (nSPS) is 16.3. The molecule has 7 heteroatoms. The van der Waals surface area contributed by atoms with Gasteiger partial charge in [-0.3, -0.25) is 14.2 Å². The first-order valence-electron chi connectivity index (χ1n) is 11.1. The zero-order chi connectivity index (χ0) is 21.3. The van der Waals surface area contributed by atoms with E-state index >= 15 is 0 Å². The molecule has 0 spiro atoms. The predicted octanol–water partition coefficient (Wildman–Crippen LogP) is 4.14. The van der Waals surface area contributed by atoms with Crippen molar-refractivity contribution in [3.63, 3.8) is 0 Å². The molecule has 1 heterocycles.